The average Bonchev–Trinajstić information content (AvgIpc) is 3.09. The van der Waals surface area contributed by atoms with Crippen molar-refractivity contribution in [3.8, 4) is 17.1 Å². The van der Waals surface area contributed by atoms with Gasteiger partial charge in [-0.2, -0.15) is 4.98 Å². The summed E-state index contributed by atoms with van der Waals surface area (Å²) < 4.78 is 10.6. The first-order valence-corrected chi connectivity index (χ1v) is 8.00. The Morgan fingerprint density at radius 3 is 2.76 bits per heavy atom. The summed E-state index contributed by atoms with van der Waals surface area (Å²) in [5.74, 6) is 1.18. The number of carbonyl (C=O) groups excluding carboxylic acids is 1. The van der Waals surface area contributed by atoms with Crippen molar-refractivity contribution in [2.45, 2.75) is 6.54 Å². The zero-order valence-corrected chi connectivity index (χ0v) is 14.3. The van der Waals surface area contributed by atoms with Crippen molar-refractivity contribution in [2.75, 3.05) is 13.7 Å². The number of aromatic nitrogens is 2. The number of nitrogens with zero attached hydrogens (tertiary/aromatic N) is 3. The lowest BCUT2D eigenvalue weighted by molar-refractivity contribution is -0.132. The molecule has 0 saturated carbocycles. The van der Waals surface area contributed by atoms with Crippen LogP contribution in [0, 0.1) is 0 Å². The molecule has 0 radical (unpaired) electrons. The number of rotatable bonds is 6. The minimum Gasteiger partial charge on any atom is -0.484 e. The topological polar surface area (TPSA) is 68.5 Å². The Morgan fingerprint density at radius 1 is 1.20 bits per heavy atom. The molecule has 25 heavy (non-hydrogen) atoms. The molecular formula is C18H16ClN3O3. The Bertz CT molecular complexity index is 852. The van der Waals surface area contributed by atoms with Gasteiger partial charge in [0.2, 0.25) is 11.7 Å². The molecule has 1 aromatic heterocycles. The standard InChI is InChI=1S/C18H16ClN3O3/c1-22(17(23)12-24-15-9-5-8-14(19)10-15)11-16-20-18(21-25-16)13-6-3-2-4-7-13/h2-10H,11-12H2,1H3. The van der Waals surface area contributed by atoms with Gasteiger partial charge in [0, 0.05) is 17.6 Å². The number of benzene rings is 2. The van der Waals surface area contributed by atoms with Crippen LogP contribution in [0.15, 0.2) is 59.1 Å². The highest BCUT2D eigenvalue weighted by Crippen LogP contribution is 2.17. The summed E-state index contributed by atoms with van der Waals surface area (Å²) in [5, 5.41) is 4.49. The molecule has 0 saturated heterocycles. The van der Waals surface area contributed by atoms with Crippen molar-refractivity contribution in [3.63, 3.8) is 0 Å². The third-order valence-electron chi connectivity index (χ3n) is 3.46. The van der Waals surface area contributed by atoms with Gasteiger partial charge < -0.3 is 14.2 Å². The van der Waals surface area contributed by atoms with E-state index in [-0.39, 0.29) is 19.1 Å². The summed E-state index contributed by atoms with van der Waals surface area (Å²) in [7, 11) is 1.65. The van der Waals surface area contributed by atoms with E-state index < -0.39 is 0 Å². The van der Waals surface area contributed by atoms with Crippen LogP contribution in [-0.2, 0) is 11.3 Å². The van der Waals surface area contributed by atoms with Crippen molar-refractivity contribution >= 4 is 17.5 Å². The van der Waals surface area contributed by atoms with Crippen LogP contribution in [0.3, 0.4) is 0 Å². The van der Waals surface area contributed by atoms with Crippen LogP contribution in [0.4, 0.5) is 0 Å². The van der Waals surface area contributed by atoms with E-state index in [4.69, 9.17) is 20.9 Å². The average molecular weight is 358 g/mol. The van der Waals surface area contributed by atoms with Crippen molar-refractivity contribution < 1.29 is 14.1 Å². The fourth-order valence-corrected chi connectivity index (χ4v) is 2.31. The maximum atomic E-state index is 12.2. The Morgan fingerprint density at radius 2 is 2.00 bits per heavy atom. The Labute approximate surface area is 150 Å². The molecule has 0 atom stereocenters. The lowest BCUT2D eigenvalue weighted by Crippen LogP contribution is -2.31. The highest BCUT2D eigenvalue weighted by Gasteiger charge is 2.15. The van der Waals surface area contributed by atoms with Crippen molar-refractivity contribution in [3.05, 3.63) is 65.5 Å². The number of hydrogen-bond donors (Lipinski definition) is 0. The SMILES string of the molecule is CN(Cc1nc(-c2ccccc2)no1)C(=O)COc1cccc(Cl)c1. The number of halogens is 1. The molecule has 0 bridgehead atoms. The van der Waals surface area contributed by atoms with Gasteiger partial charge in [-0.25, -0.2) is 0 Å². The molecule has 0 unspecified atom stereocenters. The number of ether oxygens (including phenoxy) is 1. The van der Waals surface area contributed by atoms with Crippen LogP contribution >= 0.6 is 11.6 Å². The van der Waals surface area contributed by atoms with E-state index >= 15 is 0 Å². The number of hydrogen-bond acceptors (Lipinski definition) is 5. The van der Waals surface area contributed by atoms with Gasteiger partial charge in [-0.3, -0.25) is 4.79 Å². The van der Waals surface area contributed by atoms with Crippen molar-refractivity contribution in [1.29, 1.82) is 0 Å². The van der Waals surface area contributed by atoms with Crippen LogP contribution in [0.5, 0.6) is 5.75 Å². The van der Waals surface area contributed by atoms with E-state index in [0.29, 0.717) is 22.5 Å². The largest absolute Gasteiger partial charge is 0.484 e. The van der Waals surface area contributed by atoms with E-state index in [2.05, 4.69) is 10.1 Å². The second-order valence-electron chi connectivity index (χ2n) is 5.37. The summed E-state index contributed by atoms with van der Waals surface area (Å²) in [5.41, 5.74) is 0.857. The Kier molecular flexibility index (Phi) is 5.30. The normalized spacial score (nSPS) is 10.5. The number of amides is 1. The molecule has 7 heteroatoms. The van der Waals surface area contributed by atoms with Gasteiger partial charge in [-0.05, 0) is 18.2 Å². The van der Waals surface area contributed by atoms with Crippen LogP contribution in [0.1, 0.15) is 5.89 Å². The third-order valence-corrected chi connectivity index (χ3v) is 3.69. The van der Waals surface area contributed by atoms with Crippen LogP contribution < -0.4 is 4.74 Å². The smallest absolute Gasteiger partial charge is 0.260 e. The fourth-order valence-electron chi connectivity index (χ4n) is 2.13. The van der Waals surface area contributed by atoms with Gasteiger partial charge in [0.05, 0.1) is 6.54 Å². The van der Waals surface area contributed by atoms with Gasteiger partial charge in [-0.1, -0.05) is 53.2 Å². The third kappa shape index (κ3) is 4.58. The van der Waals surface area contributed by atoms with Crippen LogP contribution in [0.25, 0.3) is 11.4 Å². The zero-order chi connectivity index (χ0) is 17.6. The molecule has 3 aromatic rings. The molecule has 0 aliphatic carbocycles. The molecule has 6 nitrogen and oxygen atoms in total. The number of carbonyl (C=O) groups is 1. The second-order valence-corrected chi connectivity index (χ2v) is 5.81. The first kappa shape index (κ1) is 17.0. The lowest BCUT2D eigenvalue weighted by Gasteiger charge is -2.15. The molecule has 0 spiro atoms. The first-order valence-electron chi connectivity index (χ1n) is 7.62. The molecule has 0 fully saturated rings. The predicted molar refractivity (Wildman–Crippen MR) is 93.2 cm³/mol. The molecule has 1 amide bonds. The first-order chi connectivity index (χ1) is 12.1. The van der Waals surface area contributed by atoms with Crippen LogP contribution in [0.2, 0.25) is 5.02 Å². The summed E-state index contributed by atoms with van der Waals surface area (Å²) in [6.45, 7) is 0.105. The maximum absolute atomic E-state index is 12.2. The van der Waals surface area contributed by atoms with E-state index in [1.807, 2.05) is 30.3 Å². The van der Waals surface area contributed by atoms with Crippen molar-refractivity contribution in [1.82, 2.24) is 15.0 Å². The summed E-state index contributed by atoms with van der Waals surface area (Å²) in [6, 6.07) is 16.4. The predicted octanol–water partition coefficient (Wildman–Crippen LogP) is 3.43. The minimum atomic E-state index is -0.209. The van der Waals surface area contributed by atoms with Gasteiger partial charge in [0.25, 0.3) is 5.91 Å². The maximum Gasteiger partial charge on any atom is 0.260 e. The quantitative estimate of drug-likeness (QED) is 0.676. The highest BCUT2D eigenvalue weighted by molar-refractivity contribution is 6.30. The molecular weight excluding hydrogens is 342 g/mol. The fraction of sp³-hybridized carbons (Fsp3) is 0.167. The Hall–Kier alpha value is -2.86. The summed E-state index contributed by atoms with van der Waals surface area (Å²) in [4.78, 5) is 17.9. The second kappa shape index (κ2) is 7.81. The lowest BCUT2D eigenvalue weighted by atomic mass is 10.2. The minimum absolute atomic E-state index is 0.101. The molecule has 2 aromatic carbocycles. The van der Waals surface area contributed by atoms with Crippen molar-refractivity contribution in [2.24, 2.45) is 0 Å². The molecule has 0 aliphatic rings. The number of likely N-dealkylation sites (N-methyl/N-ethyl adjacent to an activating group) is 1. The van der Waals surface area contributed by atoms with Crippen LogP contribution in [-0.4, -0.2) is 34.6 Å². The molecule has 0 N–H and O–H groups in total. The summed E-state index contributed by atoms with van der Waals surface area (Å²) >= 11 is 5.88. The molecule has 1 heterocycles. The molecule has 0 aliphatic heterocycles. The monoisotopic (exact) mass is 357 g/mol. The molecule has 3 rings (SSSR count). The summed E-state index contributed by atoms with van der Waals surface area (Å²) in [6.07, 6.45) is 0. The Balaban J connectivity index is 1.56. The highest BCUT2D eigenvalue weighted by atomic mass is 35.5. The molecule has 128 valence electrons. The van der Waals surface area contributed by atoms with Gasteiger partial charge >= 0.3 is 0 Å². The van der Waals surface area contributed by atoms with Gasteiger partial charge in [-0.15, -0.1) is 0 Å². The van der Waals surface area contributed by atoms with E-state index in [1.54, 1.807) is 31.3 Å². The van der Waals surface area contributed by atoms with E-state index in [9.17, 15) is 4.79 Å². The zero-order valence-electron chi connectivity index (χ0n) is 13.6. The van der Waals surface area contributed by atoms with Gasteiger partial charge in [0.1, 0.15) is 5.75 Å². The van der Waals surface area contributed by atoms with E-state index in [1.165, 1.54) is 4.90 Å². The van der Waals surface area contributed by atoms with E-state index in [0.717, 1.165) is 5.56 Å². The van der Waals surface area contributed by atoms with Gasteiger partial charge in [0.15, 0.2) is 6.61 Å².